The van der Waals surface area contributed by atoms with Gasteiger partial charge in [0.25, 0.3) is 0 Å². The van der Waals surface area contributed by atoms with Gasteiger partial charge >= 0.3 is 0 Å². The third-order valence-electron chi connectivity index (χ3n) is 1.54. The molecule has 0 aromatic heterocycles. The number of nitrogens with one attached hydrogen (secondary N) is 1. The van der Waals surface area contributed by atoms with Crippen LogP contribution in [0.15, 0.2) is 0 Å². The second-order valence-corrected chi connectivity index (χ2v) is 4.87. The molecule has 0 heterocycles. The van der Waals surface area contributed by atoms with E-state index < -0.39 is 40.1 Å². The van der Waals surface area contributed by atoms with Gasteiger partial charge in [-0.15, -0.1) is 0 Å². The van der Waals surface area contributed by atoms with E-state index in [-0.39, 0.29) is 0 Å². The summed E-state index contributed by atoms with van der Waals surface area (Å²) in [6, 6.07) is 0. The van der Waals surface area contributed by atoms with Crippen LogP contribution < -0.4 is 5.32 Å². The molecule has 0 radical (unpaired) electrons. The molecule has 0 saturated carbocycles. The lowest BCUT2D eigenvalue weighted by Gasteiger charge is -2.10. The van der Waals surface area contributed by atoms with E-state index in [1.165, 1.54) is 6.92 Å². The van der Waals surface area contributed by atoms with Gasteiger partial charge in [0.15, 0.2) is 9.84 Å². The molecule has 0 spiro atoms. The maximum atomic E-state index is 11.1. The van der Waals surface area contributed by atoms with E-state index in [1.807, 2.05) is 5.32 Å². The highest BCUT2D eigenvalue weighted by atomic mass is 32.2. The van der Waals surface area contributed by atoms with E-state index in [1.54, 1.807) is 0 Å². The summed E-state index contributed by atoms with van der Waals surface area (Å²) >= 11 is 0. The van der Waals surface area contributed by atoms with Crippen LogP contribution in [0.5, 0.6) is 0 Å². The Kier molecular flexibility index (Phi) is 4.89. The molecule has 0 aromatic rings. The molecule has 6 nitrogen and oxygen atoms in total. The maximum Gasteiger partial charge on any atom is 0.239 e. The molecule has 0 aromatic carbocycles. The van der Waals surface area contributed by atoms with Gasteiger partial charge in [0.1, 0.15) is 12.0 Å². The number of aliphatic hydroxyl groups excluding tert-OH is 2. The zero-order chi connectivity index (χ0) is 10.5. The highest BCUT2D eigenvalue weighted by molar-refractivity contribution is 7.92. The summed E-state index contributed by atoms with van der Waals surface area (Å²) in [7, 11) is -3.60. The molecule has 78 valence electrons. The molecular formula is C6H13NO5S. The smallest absolute Gasteiger partial charge is 0.239 e. The molecule has 0 aliphatic rings. The molecule has 0 rings (SSSR count). The Balaban J connectivity index is 4.40. The first-order valence-electron chi connectivity index (χ1n) is 3.66. The monoisotopic (exact) mass is 211 g/mol. The van der Waals surface area contributed by atoms with E-state index in [0.717, 1.165) is 0 Å². The standard InChI is InChI=1S/C6H13NO5S/c1-5(6(10)7-4-9)13(11,12)3-2-8/h5,8-9H,2-4H2,1H3,(H,7,10). The normalized spacial score (nSPS) is 13.8. The fourth-order valence-electron chi connectivity index (χ4n) is 0.689. The van der Waals surface area contributed by atoms with Crippen molar-refractivity contribution in [1.29, 1.82) is 0 Å². The predicted octanol–water partition coefficient (Wildman–Crippen LogP) is -2.15. The van der Waals surface area contributed by atoms with Crippen LogP contribution in [0, 0.1) is 0 Å². The fraction of sp³-hybridized carbons (Fsp3) is 0.833. The second kappa shape index (κ2) is 5.15. The van der Waals surface area contributed by atoms with Crippen LogP contribution in [0.25, 0.3) is 0 Å². The molecule has 0 bridgehead atoms. The lowest BCUT2D eigenvalue weighted by atomic mass is 10.4. The van der Waals surface area contributed by atoms with Gasteiger partial charge < -0.3 is 15.5 Å². The summed E-state index contributed by atoms with van der Waals surface area (Å²) < 4.78 is 22.3. The van der Waals surface area contributed by atoms with Crippen molar-refractivity contribution in [2.45, 2.75) is 12.2 Å². The van der Waals surface area contributed by atoms with Gasteiger partial charge in [-0.25, -0.2) is 8.42 Å². The fourth-order valence-corrected chi connectivity index (χ4v) is 1.71. The average molecular weight is 211 g/mol. The number of amides is 1. The van der Waals surface area contributed by atoms with Crippen molar-refractivity contribution in [3.8, 4) is 0 Å². The second-order valence-electron chi connectivity index (χ2n) is 2.43. The van der Waals surface area contributed by atoms with Crippen LogP contribution in [0.1, 0.15) is 6.92 Å². The third kappa shape index (κ3) is 3.71. The number of carbonyl (C=O) groups excluding carboxylic acids is 1. The Bertz CT molecular complexity index is 260. The van der Waals surface area contributed by atoms with Gasteiger partial charge in [-0.3, -0.25) is 4.79 Å². The molecule has 0 saturated heterocycles. The molecule has 3 N–H and O–H groups in total. The van der Waals surface area contributed by atoms with Gasteiger partial charge in [-0.05, 0) is 6.92 Å². The summed E-state index contributed by atoms with van der Waals surface area (Å²) in [4.78, 5) is 10.9. The van der Waals surface area contributed by atoms with Crippen molar-refractivity contribution in [1.82, 2.24) is 5.32 Å². The molecule has 1 amide bonds. The Labute approximate surface area is 76.5 Å². The number of hydrogen-bond donors (Lipinski definition) is 3. The Morgan fingerprint density at radius 3 is 2.38 bits per heavy atom. The van der Waals surface area contributed by atoms with Gasteiger partial charge in [0.05, 0.1) is 12.4 Å². The molecule has 1 unspecified atom stereocenters. The third-order valence-corrected chi connectivity index (χ3v) is 3.58. The molecule has 0 aliphatic heterocycles. The lowest BCUT2D eigenvalue weighted by molar-refractivity contribution is -0.121. The number of rotatable bonds is 5. The largest absolute Gasteiger partial charge is 0.395 e. The molecule has 13 heavy (non-hydrogen) atoms. The molecular weight excluding hydrogens is 198 g/mol. The van der Waals surface area contributed by atoms with Crippen LogP contribution in [-0.2, 0) is 14.6 Å². The Hall–Kier alpha value is -0.660. The summed E-state index contributed by atoms with van der Waals surface area (Å²) in [5.74, 6) is -1.22. The Morgan fingerprint density at radius 1 is 1.46 bits per heavy atom. The van der Waals surface area contributed by atoms with Gasteiger partial charge in [0, 0.05) is 0 Å². The minimum Gasteiger partial charge on any atom is -0.395 e. The topological polar surface area (TPSA) is 104 Å². The minimum absolute atomic E-state index is 0.451. The quantitative estimate of drug-likeness (QED) is 0.450. The lowest BCUT2D eigenvalue weighted by Crippen LogP contribution is -2.39. The SMILES string of the molecule is CC(C(=O)NCO)S(=O)(=O)CCO. The summed E-state index contributed by atoms with van der Waals surface area (Å²) in [6.07, 6.45) is 0. The first-order valence-corrected chi connectivity index (χ1v) is 5.38. The van der Waals surface area contributed by atoms with Crippen LogP contribution in [0.2, 0.25) is 0 Å². The van der Waals surface area contributed by atoms with E-state index in [4.69, 9.17) is 10.2 Å². The highest BCUT2D eigenvalue weighted by Crippen LogP contribution is 2.01. The summed E-state index contributed by atoms with van der Waals surface area (Å²) in [6.45, 7) is 0.0902. The van der Waals surface area contributed by atoms with E-state index >= 15 is 0 Å². The minimum atomic E-state index is -3.60. The first kappa shape index (κ1) is 12.3. The molecule has 0 fully saturated rings. The van der Waals surface area contributed by atoms with E-state index in [9.17, 15) is 13.2 Å². The van der Waals surface area contributed by atoms with Crippen LogP contribution in [0.3, 0.4) is 0 Å². The van der Waals surface area contributed by atoms with Gasteiger partial charge in [-0.1, -0.05) is 0 Å². The van der Waals surface area contributed by atoms with Crippen molar-refractivity contribution >= 4 is 15.7 Å². The first-order chi connectivity index (χ1) is 5.95. The van der Waals surface area contributed by atoms with Crippen LogP contribution >= 0.6 is 0 Å². The zero-order valence-electron chi connectivity index (χ0n) is 7.23. The Morgan fingerprint density at radius 2 is 2.00 bits per heavy atom. The van der Waals surface area contributed by atoms with Crippen molar-refractivity contribution in [2.75, 3.05) is 19.1 Å². The van der Waals surface area contributed by atoms with Crippen molar-refractivity contribution in [3.63, 3.8) is 0 Å². The highest BCUT2D eigenvalue weighted by Gasteiger charge is 2.26. The van der Waals surface area contributed by atoms with Gasteiger partial charge in [0.2, 0.25) is 5.91 Å². The molecule has 0 aliphatic carbocycles. The zero-order valence-corrected chi connectivity index (χ0v) is 8.04. The molecule has 1 atom stereocenters. The summed E-state index contributed by atoms with van der Waals surface area (Å²) in [5, 5.41) is 17.4. The number of hydrogen-bond acceptors (Lipinski definition) is 5. The van der Waals surface area contributed by atoms with Crippen LogP contribution in [0.4, 0.5) is 0 Å². The van der Waals surface area contributed by atoms with E-state index in [2.05, 4.69) is 0 Å². The predicted molar refractivity (Wildman–Crippen MR) is 45.6 cm³/mol. The van der Waals surface area contributed by atoms with Crippen molar-refractivity contribution in [2.24, 2.45) is 0 Å². The van der Waals surface area contributed by atoms with Crippen molar-refractivity contribution < 1.29 is 23.4 Å². The van der Waals surface area contributed by atoms with Gasteiger partial charge in [-0.2, -0.15) is 0 Å². The maximum absolute atomic E-state index is 11.1. The van der Waals surface area contributed by atoms with Crippen LogP contribution in [-0.4, -0.2) is 48.9 Å². The number of aliphatic hydroxyl groups is 2. The number of carbonyl (C=O) groups is 1. The summed E-state index contributed by atoms with van der Waals surface area (Å²) in [5.41, 5.74) is 0. The van der Waals surface area contributed by atoms with Crippen molar-refractivity contribution in [3.05, 3.63) is 0 Å². The number of sulfone groups is 1. The van der Waals surface area contributed by atoms with E-state index in [0.29, 0.717) is 0 Å². The average Bonchev–Trinajstić information content (AvgIpc) is 2.03. The molecule has 7 heteroatoms.